The summed E-state index contributed by atoms with van der Waals surface area (Å²) in [6, 6.07) is 22.9. The highest BCUT2D eigenvalue weighted by Gasteiger charge is 2.14. The summed E-state index contributed by atoms with van der Waals surface area (Å²) in [6.45, 7) is 0.239. The van der Waals surface area contributed by atoms with Gasteiger partial charge in [-0.1, -0.05) is 18.2 Å². The Kier molecular flexibility index (Phi) is 7.18. The minimum atomic E-state index is -0.111. The maximum absolute atomic E-state index is 12.8. The number of imidazole rings is 1. The Labute approximate surface area is 216 Å². The maximum Gasteiger partial charge on any atom is 0.185 e. The summed E-state index contributed by atoms with van der Waals surface area (Å²) in [5.41, 5.74) is 4.11. The Bertz CT molecular complexity index is 1490. The number of hydrogen-bond acceptors (Lipinski definition) is 7. The van der Waals surface area contributed by atoms with Crippen LogP contribution in [0.3, 0.4) is 0 Å². The molecular weight excluding hydrogens is 490 g/mol. The molecule has 5 rings (SSSR count). The SMILES string of the molecule is COc1cc(OCc2nc3ccccc3[nH]2)c(C=CC(=O)c2ccc(SN)cc2)cc1-c1cccs1. The zero-order valence-electron chi connectivity index (χ0n) is 19.4. The second-order valence-corrected chi connectivity index (χ2v) is 9.55. The lowest BCUT2D eigenvalue weighted by Gasteiger charge is -2.14. The molecule has 0 aliphatic carbocycles. The van der Waals surface area contributed by atoms with E-state index in [0.29, 0.717) is 22.9 Å². The topological polar surface area (TPSA) is 90.2 Å². The van der Waals surface area contributed by atoms with Crippen molar-refractivity contribution in [3.63, 3.8) is 0 Å². The molecule has 0 saturated heterocycles. The number of ether oxygens (including phenoxy) is 2. The molecule has 2 aromatic heterocycles. The first-order chi connectivity index (χ1) is 17.6. The third-order valence-corrected chi connectivity index (χ3v) is 7.06. The fraction of sp³-hybridized carbons (Fsp3) is 0.0714. The molecular formula is C28H23N3O3S2. The lowest BCUT2D eigenvalue weighted by Crippen LogP contribution is -2.01. The first kappa shape index (κ1) is 23.9. The number of nitrogens with two attached hydrogens (primary N) is 1. The summed E-state index contributed by atoms with van der Waals surface area (Å²) >= 11 is 2.76. The fourth-order valence-corrected chi connectivity index (χ4v) is 4.85. The Balaban J connectivity index is 1.47. The van der Waals surface area contributed by atoms with Gasteiger partial charge < -0.3 is 14.5 Å². The van der Waals surface area contributed by atoms with Crippen molar-refractivity contribution in [2.45, 2.75) is 11.5 Å². The first-order valence-electron chi connectivity index (χ1n) is 11.2. The maximum atomic E-state index is 12.8. The van der Waals surface area contributed by atoms with E-state index < -0.39 is 0 Å². The van der Waals surface area contributed by atoms with Crippen LogP contribution in [0, 0.1) is 0 Å². The molecule has 6 nitrogen and oxygen atoms in total. The number of thiophene rings is 1. The number of carbonyl (C=O) groups excluding carboxylic acids is 1. The summed E-state index contributed by atoms with van der Waals surface area (Å²) in [6.07, 6.45) is 3.33. The number of H-pyrrole nitrogens is 1. The van der Waals surface area contributed by atoms with E-state index in [9.17, 15) is 4.79 Å². The highest BCUT2D eigenvalue weighted by atomic mass is 32.2. The standard InChI is InChI=1S/C28H23N3O3S2/c1-33-26-16-25(34-17-28-30-22-5-2-3-6-23(22)31-28)19(15-21(26)27-7-4-14-35-27)10-13-24(32)18-8-11-20(36-29)12-9-18/h2-16H,17,29H2,1H3,(H,30,31). The number of benzene rings is 3. The van der Waals surface area contributed by atoms with E-state index >= 15 is 0 Å². The van der Waals surface area contributed by atoms with E-state index in [-0.39, 0.29) is 12.4 Å². The second kappa shape index (κ2) is 10.8. The van der Waals surface area contributed by atoms with Crippen LogP contribution in [0.2, 0.25) is 0 Å². The zero-order valence-corrected chi connectivity index (χ0v) is 21.1. The van der Waals surface area contributed by atoms with Crippen molar-refractivity contribution in [3.05, 3.63) is 101 Å². The number of fused-ring (bicyclic) bond motifs is 1. The number of aromatic amines is 1. The number of hydrogen-bond donors (Lipinski definition) is 2. The van der Waals surface area contributed by atoms with Crippen LogP contribution >= 0.6 is 23.3 Å². The van der Waals surface area contributed by atoms with E-state index in [0.717, 1.165) is 43.9 Å². The molecule has 0 atom stereocenters. The number of aromatic nitrogens is 2. The van der Waals surface area contributed by atoms with Gasteiger partial charge in [-0.25, -0.2) is 4.98 Å². The van der Waals surface area contributed by atoms with Gasteiger partial charge in [0, 0.05) is 32.5 Å². The van der Waals surface area contributed by atoms with Crippen LogP contribution < -0.4 is 14.6 Å². The summed E-state index contributed by atoms with van der Waals surface area (Å²) < 4.78 is 11.9. The van der Waals surface area contributed by atoms with Gasteiger partial charge in [-0.3, -0.25) is 9.93 Å². The molecule has 0 fully saturated rings. The quantitative estimate of drug-likeness (QED) is 0.129. The van der Waals surface area contributed by atoms with E-state index in [1.165, 1.54) is 0 Å². The molecule has 3 aromatic carbocycles. The molecule has 8 heteroatoms. The van der Waals surface area contributed by atoms with Crippen LogP contribution in [0.15, 0.2) is 89.1 Å². The van der Waals surface area contributed by atoms with Gasteiger partial charge in [0.15, 0.2) is 5.78 Å². The van der Waals surface area contributed by atoms with Gasteiger partial charge >= 0.3 is 0 Å². The Morgan fingerprint density at radius 2 is 1.92 bits per heavy atom. The fourth-order valence-electron chi connectivity index (χ4n) is 3.81. The second-order valence-electron chi connectivity index (χ2n) is 7.90. The molecule has 3 N–H and O–H groups in total. The number of allylic oxidation sites excluding steroid dienone is 1. The number of para-hydroxylation sites is 2. The molecule has 0 spiro atoms. The molecule has 2 heterocycles. The van der Waals surface area contributed by atoms with E-state index in [4.69, 9.17) is 14.6 Å². The van der Waals surface area contributed by atoms with E-state index in [1.54, 1.807) is 42.7 Å². The molecule has 0 bridgehead atoms. The van der Waals surface area contributed by atoms with Crippen molar-refractivity contribution in [2.75, 3.05) is 7.11 Å². The lowest BCUT2D eigenvalue weighted by molar-refractivity contribution is 0.104. The lowest BCUT2D eigenvalue weighted by atomic mass is 10.0. The largest absolute Gasteiger partial charge is 0.496 e. The van der Waals surface area contributed by atoms with Gasteiger partial charge in [0.05, 0.1) is 18.1 Å². The highest BCUT2D eigenvalue weighted by molar-refractivity contribution is 7.97. The van der Waals surface area contributed by atoms with Gasteiger partial charge in [0.2, 0.25) is 0 Å². The van der Waals surface area contributed by atoms with Crippen LogP contribution in [0.25, 0.3) is 27.6 Å². The number of ketones is 1. The summed E-state index contributed by atoms with van der Waals surface area (Å²) in [7, 11) is 1.64. The highest BCUT2D eigenvalue weighted by Crippen LogP contribution is 2.39. The molecule has 0 saturated carbocycles. The minimum absolute atomic E-state index is 0.111. The Morgan fingerprint density at radius 3 is 2.64 bits per heavy atom. The number of nitrogens with zero attached hydrogens (tertiary/aromatic N) is 1. The third-order valence-electron chi connectivity index (χ3n) is 5.61. The average molecular weight is 514 g/mol. The number of nitrogens with one attached hydrogen (secondary N) is 1. The molecule has 0 unspecified atom stereocenters. The van der Waals surface area contributed by atoms with Crippen molar-refractivity contribution in [1.82, 2.24) is 9.97 Å². The molecule has 0 aliphatic rings. The molecule has 0 aliphatic heterocycles. The minimum Gasteiger partial charge on any atom is -0.496 e. The van der Waals surface area contributed by atoms with Crippen LogP contribution in [0.5, 0.6) is 11.5 Å². The smallest absolute Gasteiger partial charge is 0.185 e. The van der Waals surface area contributed by atoms with Gasteiger partial charge in [0.25, 0.3) is 0 Å². The van der Waals surface area contributed by atoms with Gasteiger partial charge in [0.1, 0.15) is 23.9 Å². The summed E-state index contributed by atoms with van der Waals surface area (Å²) in [5.74, 6) is 1.88. The van der Waals surface area contributed by atoms with Gasteiger partial charge in [-0.2, -0.15) is 0 Å². The van der Waals surface area contributed by atoms with E-state index in [1.807, 2.05) is 66.0 Å². The number of methoxy groups -OCH3 is 1. The number of rotatable bonds is 9. The molecule has 180 valence electrons. The number of carbonyl (C=O) groups is 1. The Hall–Kier alpha value is -3.85. The van der Waals surface area contributed by atoms with E-state index in [2.05, 4.69) is 9.97 Å². The zero-order chi connectivity index (χ0) is 24.9. The van der Waals surface area contributed by atoms with Crippen molar-refractivity contribution < 1.29 is 14.3 Å². The van der Waals surface area contributed by atoms with Crippen molar-refractivity contribution >= 4 is 46.2 Å². The molecule has 0 radical (unpaired) electrons. The van der Waals surface area contributed by atoms with Gasteiger partial charge in [-0.15, -0.1) is 11.3 Å². The monoisotopic (exact) mass is 513 g/mol. The predicted molar refractivity (Wildman–Crippen MR) is 147 cm³/mol. The predicted octanol–water partition coefficient (Wildman–Crippen LogP) is 6.74. The Morgan fingerprint density at radius 1 is 1.08 bits per heavy atom. The van der Waals surface area contributed by atoms with Gasteiger partial charge in [-0.05, 0) is 78.0 Å². The van der Waals surface area contributed by atoms with Crippen molar-refractivity contribution in [2.24, 2.45) is 5.14 Å². The van der Waals surface area contributed by atoms with Crippen molar-refractivity contribution in [3.8, 4) is 21.9 Å². The normalized spacial score (nSPS) is 11.3. The third kappa shape index (κ3) is 5.21. The molecule has 36 heavy (non-hydrogen) atoms. The average Bonchev–Trinajstić information content (AvgIpc) is 3.60. The van der Waals surface area contributed by atoms with Crippen LogP contribution in [-0.4, -0.2) is 22.9 Å². The molecule has 5 aromatic rings. The first-order valence-corrected chi connectivity index (χ1v) is 12.9. The van der Waals surface area contributed by atoms with Crippen LogP contribution in [0.1, 0.15) is 21.7 Å². The van der Waals surface area contributed by atoms with Crippen LogP contribution in [0.4, 0.5) is 0 Å². The molecule has 0 amide bonds. The van der Waals surface area contributed by atoms with Crippen LogP contribution in [-0.2, 0) is 6.61 Å². The summed E-state index contributed by atoms with van der Waals surface area (Å²) in [4.78, 5) is 22.7. The van der Waals surface area contributed by atoms with Crippen molar-refractivity contribution in [1.29, 1.82) is 0 Å². The summed E-state index contributed by atoms with van der Waals surface area (Å²) in [5, 5.41) is 7.60.